The minimum Gasteiger partial charge on any atom is -0.268 e. The molecule has 2 nitrogen and oxygen atoms in total. The van der Waals surface area contributed by atoms with Crippen LogP contribution in [-0.2, 0) is 12.0 Å². The molecule has 1 aromatic heterocycles. The molecule has 0 unspecified atom stereocenters. The summed E-state index contributed by atoms with van der Waals surface area (Å²) in [5, 5.41) is 4.50. The maximum atomic E-state index is 4.50. The monoisotopic (exact) mass is 304 g/mol. The van der Waals surface area contributed by atoms with Gasteiger partial charge in [0.2, 0.25) is 0 Å². The fraction of sp³-hybridized carbons (Fsp3) is 0.286. The Bertz CT molecular complexity index is 772. The minimum atomic E-state index is 0.197. The molecule has 0 saturated heterocycles. The quantitative estimate of drug-likeness (QED) is 0.650. The number of rotatable bonds is 3. The SMILES string of the molecule is Cc1ccc(-c2cnn(Cc3ccc(C(C)(C)C)cc3)c2)cc1. The van der Waals surface area contributed by atoms with Crippen LogP contribution < -0.4 is 0 Å². The van der Waals surface area contributed by atoms with Gasteiger partial charge in [0.25, 0.3) is 0 Å². The normalized spacial score (nSPS) is 11.7. The van der Waals surface area contributed by atoms with Crippen molar-refractivity contribution in [2.75, 3.05) is 0 Å². The zero-order chi connectivity index (χ0) is 16.4. The summed E-state index contributed by atoms with van der Waals surface area (Å²) in [7, 11) is 0. The molecule has 0 amide bonds. The first kappa shape index (κ1) is 15.5. The summed E-state index contributed by atoms with van der Waals surface area (Å²) in [6.45, 7) is 9.63. The van der Waals surface area contributed by atoms with Crippen LogP contribution in [0.4, 0.5) is 0 Å². The van der Waals surface area contributed by atoms with Crippen LogP contribution >= 0.6 is 0 Å². The number of hydrogen-bond acceptors (Lipinski definition) is 1. The number of benzene rings is 2. The summed E-state index contributed by atoms with van der Waals surface area (Å²) < 4.78 is 2.00. The van der Waals surface area contributed by atoms with Crippen molar-refractivity contribution in [3.8, 4) is 11.1 Å². The van der Waals surface area contributed by atoms with Crippen LogP contribution in [0, 0.1) is 6.92 Å². The lowest BCUT2D eigenvalue weighted by molar-refractivity contribution is 0.589. The average molecular weight is 304 g/mol. The van der Waals surface area contributed by atoms with E-state index >= 15 is 0 Å². The third-order valence-electron chi connectivity index (χ3n) is 4.18. The molecule has 0 atom stereocenters. The van der Waals surface area contributed by atoms with Gasteiger partial charge in [-0.1, -0.05) is 74.9 Å². The van der Waals surface area contributed by atoms with E-state index in [4.69, 9.17) is 0 Å². The third-order valence-corrected chi connectivity index (χ3v) is 4.18. The van der Waals surface area contributed by atoms with Crippen LogP contribution in [0.15, 0.2) is 60.9 Å². The highest BCUT2D eigenvalue weighted by Crippen LogP contribution is 2.23. The highest BCUT2D eigenvalue weighted by Gasteiger charge is 2.12. The second-order valence-corrected chi connectivity index (χ2v) is 7.24. The molecule has 1 heterocycles. The van der Waals surface area contributed by atoms with Crippen molar-refractivity contribution in [1.29, 1.82) is 0 Å². The summed E-state index contributed by atoms with van der Waals surface area (Å²) in [4.78, 5) is 0. The van der Waals surface area contributed by atoms with Gasteiger partial charge < -0.3 is 0 Å². The highest BCUT2D eigenvalue weighted by molar-refractivity contribution is 5.61. The molecule has 2 aromatic carbocycles. The molecular weight excluding hydrogens is 280 g/mol. The predicted octanol–water partition coefficient (Wildman–Crippen LogP) is 5.20. The summed E-state index contributed by atoms with van der Waals surface area (Å²) in [6, 6.07) is 17.4. The largest absolute Gasteiger partial charge is 0.268 e. The second kappa shape index (κ2) is 6.04. The first-order chi connectivity index (χ1) is 10.9. The number of hydrogen-bond donors (Lipinski definition) is 0. The lowest BCUT2D eigenvalue weighted by Crippen LogP contribution is -2.11. The number of aromatic nitrogens is 2. The molecule has 0 aliphatic carbocycles. The summed E-state index contributed by atoms with van der Waals surface area (Å²) in [5.41, 5.74) is 6.49. The van der Waals surface area contributed by atoms with Crippen molar-refractivity contribution in [3.63, 3.8) is 0 Å². The van der Waals surface area contributed by atoms with Crippen LogP contribution in [0.1, 0.15) is 37.5 Å². The number of nitrogens with zero attached hydrogens (tertiary/aromatic N) is 2. The lowest BCUT2D eigenvalue weighted by Gasteiger charge is -2.19. The van der Waals surface area contributed by atoms with Crippen LogP contribution in [0.5, 0.6) is 0 Å². The molecule has 3 aromatic rings. The van der Waals surface area contributed by atoms with Gasteiger partial charge in [0.05, 0.1) is 12.7 Å². The van der Waals surface area contributed by atoms with E-state index in [0.717, 1.165) is 12.1 Å². The van der Waals surface area contributed by atoms with Crippen molar-refractivity contribution >= 4 is 0 Å². The Morgan fingerprint density at radius 1 is 0.870 bits per heavy atom. The zero-order valence-electron chi connectivity index (χ0n) is 14.4. The first-order valence-electron chi connectivity index (χ1n) is 8.11. The molecule has 0 aliphatic heterocycles. The topological polar surface area (TPSA) is 17.8 Å². The highest BCUT2D eigenvalue weighted by atomic mass is 15.3. The third kappa shape index (κ3) is 3.70. The molecule has 118 valence electrons. The molecule has 0 saturated carbocycles. The van der Waals surface area contributed by atoms with Gasteiger partial charge in [0.15, 0.2) is 0 Å². The lowest BCUT2D eigenvalue weighted by atomic mass is 9.87. The van der Waals surface area contributed by atoms with Gasteiger partial charge in [-0.2, -0.15) is 5.10 Å². The van der Waals surface area contributed by atoms with Gasteiger partial charge >= 0.3 is 0 Å². The van der Waals surface area contributed by atoms with E-state index < -0.39 is 0 Å². The van der Waals surface area contributed by atoms with Crippen molar-refractivity contribution in [2.45, 2.75) is 39.7 Å². The van der Waals surface area contributed by atoms with Crippen LogP contribution in [0.2, 0.25) is 0 Å². The second-order valence-electron chi connectivity index (χ2n) is 7.24. The van der Waals surface area contributed by atoms with E-state index in [1.165, 1.54) is 22.3 Å². The van der Waals surface area contributed by atoms with Gasteiger partial charge in [-0.05, 0) is 29.0 Å². The van der Waals surface area contributed by atoms with E-state index in [2.05, 4.69) is 87.5 Å². The van der Waals surface area contributed by atoms with Crippen molar-refractivity contribution < 1.29 is 0 Å². The molecule has 0 N–H and O–H groups in total. The summed E-state index contributed by atoms with van der Waals surface area (Å²) in [5.74, 6) is 0. The fourth-order valence-electron chi connectivity index (χ4n) is 2.64. The molecule has 0 radical (unpaired) electrons. The average Bonchev–Trinajstić information content (AvgIpc) is 2.96. The molecule has 0 bridgehead atoms. The molecule has 0 fully saturated rings. The Morgan fingerprint density at radius 3 is 2.13 bits per heavy atom. The molecule has 23 heavy (non-hydrogen) atoms. The van der Waals surface area contributed by atoms with Gasteiger partial charge in [0.1, 0.15) is 0 Å². The van der Waals surface area contributed by atoms with Gasteiger partial charge in [-0.15, -0.1) is 0 Å². The van der Waals surface area contributed by atoms with Gasteiger partial charge in [0, 0.05) is 11.8 Å². The van der Waals surface area contributed by atoms with Gasteiger partial charge in [-0.25, -0.2) is 0 Å². The van der Waals surface area contributed by atoms with Crippen LogP contribution in [0.25, 0.3) is 11.1 Å². The van der Waals surface area contributed by atoms with E-state index in [-0.39, 0.29) is 5.41 Å². The smallest absolute Gasteiger partial charge is 0.0659 e. The van der Waals surface area contributed by atoms with Crippen molar-refractivity contribution in [3.05, 3.63) is 77.6 Å². The fourth-order valence-corrected chi connectivity index (χ4v) is 2.64. The minimum absolute atomic E-state index is 0.197. The summed E-state index contributed by atoms with van der Waals surface area (Å²) >= 11 is 0. The molecule has 2 heteroatoms. The Kier molecular flexibility index (Phi) is 4.08. The predicted molar refractivity (Wildman–Crippen MR) is 96.6 cm³/mol. The maximum absolute atomic E-state index is 4.50. The molecule has 3 rings (SSSR count). The maximum Gasteiger partial charge on any atom is 0.0659 e. The van der Waals surface area contributed by atoms with Gasteiger partial charge in [-0.3, -0.25) is 4.68 Å². The van der Waals surface area contributed by atoms with Crippen LogP contribution in [-0.4, -0.2) is 9.78 Å². The van der Waals surface area contributed by atoms with E-state index in [9.17, 15) is 0 Å². The first-order valence-corrected chi connectivity index (χ1v) is 8.11. The Morgan fingerprint density at radius 2 is 1.52 bits per heavy atom. The molecular formula is C21H24N2. The van der Waals surface area contributed by atoms with Crippen LogP contribution in [0.3, 0.4) is 0 Å². The van der Waals surface area contributed by atoms with Crippen molar-refractivity contribution in [1.82, 2.24) is 9.78 Å². The van der Waals surface area contributed by atoms with E-state index in [1.54, 1.807) is 0 Å². The standard InChI is InChI=1S/C21H24N2/c1-16-5-9-18(10-6-16)19-13-22-23(15-19)14-17-7-11-20(12-8-17)21(2,3)4/h5-13,15H,14H2,1-4H3. The molecule has 0 spiro atoms. The van der Waals surface area contributed by atoms with E-state index in [0.29, 0.717) is 0 Å². The Balaban J connectivity index is 1.75. The van der Waals surface area contributed by atoms with Crippen molar-refractivity contribution in [2.24, 2.45) is 0 Å². The Labute approximate surface area is 138 Å². The number of aryl methyl sites for hydroxylation is 1. The summed E-state index contributed by atoms with van der Waals surface area (Å²) in [6.07, 6.45) is 4.05. The Hall–Kier alpha value is -2.35. The zero-order valence-corrected chi connectivity index (χ0v) is 14.4. The molecule has 0 aliphatic rings. The van der Waals surface area contributed by atoms with E-state index in [1.807, 2.05) is 10.9 Å².